The van der Waals surface area contributed by atoms with E-state index in [1.807, 2.05) is 0 Å². The van der Waals surface area contributed by atoms with E-state index in [2.05, 4.69) is 70.7 Å². The molecule has 0 saturated carbocycles. The molecule has 0 bridgehead atoms. The van der Waals surface area contributed by atoms with Gasteiger partial charge in [0, 0.05) is 23.6 Å². The summed E-state index contributed by atoms with van der Waals surface area (Å²) in [5, 5.41) is 4.90. The van der Waals surface area contributed by atoms with Crippen LogP contribution in [0.25, 0.3) is 10.9 Å². The van der Waals surface area contributed by atoms with E-state index in [4.69, 9.17) is 0 Å². The van der Waals surface area contributed by atoms with Gasteiger partial charge in [-0.25, -0.2) is 0 Å². The molecule has 2 nitrogen and oxygen atoms in total. The summed E-state index contributed by atoms with van der Waals surface area (Å²) in [4.78, 5) is 0. The zero-order chi connectivity index (χ0) is 16.2. The third kappa shape index (κ3) is 3.39. The van der Waals surface area contributed by atoms with E-state index in [9.17, 15) is 0 Å². The molecule has 1 aromatic heterocycles. The lowest BCUT2D eigenvalue weighted by molar-refractivity contribution is 0.354. The molecule has 0 unspecified atom stereocenters. The number of nitrogens with zero attached hydrogens (tertiary/aromatic N) is 1. The van der Waals surface area contributed by atoms with Crippen LogP contribution in [-0.4, -0.2) is 17.7 Å². The van der Waals surface area contributed by atoms with Crippen molar-refractivity contribution < 1.29 is 0 Å². The Kier molecular flexibility index (Phi) is 4.66. The summed E-state index contributed by atoms with van der Waals surface area (Å²) in [5.74, 6) is 0.891. The Labute approximate surface area is 144 Å². The highest BCUT2D eigenvalue weighted by atomic mass is 15.0. The molecule has 2 aromatic carbocycles. The van der Waals surface area contributed by atoms with Gasteiger partial charge in [-0.1, -0.05) is 48.5 Å². The van der Waals surface area contributed by atoms with E-state index in [-0.39, 0.29) is 0 Å². The molecule has 0 spiro atoms. The maximum Gasteiger partial charge on any atom is 0.0486 e. The number of hydrogen-bond donors (Lipinski definition) is 1. The average Bonchev–Trinajstić information content (AvgIpc) is 3.00. The molecule has 1 N–H and O–H groups in total. The lowest BCUT2D eigenvalue weighted by Gasteiger charge is -2.22. The first kappa shape index (κ1) is 15.5. The zero-order valence-corrected chi connectivity index (χ0v) is 14.2. The number of para-hydroxylation sites is 1. The van der Waals surface area contributed by atoms with Gasteiger partial charge < -0.3 is 9.88 Å². The molecule has 1 fully saturated rings. The summed E-state index contributed by atoms with van der Waals surface area (Å²) < 4.78 is 2.42. The van der Waals surface area contributed by atoms with E-state index < -0.39 is 0 Å². The predicted molar refractivity (Wildman–Crippen MR) is 101 cm³/mol. The second-order valence-corrected chi connectivity index (χ2v) is 7.02. The smallest absolute Gasteiger partial charge is 0.0486 e. The molecular formula is C22H26N2. The largest absolute Gasteiger partial charge is 0.343 e. The second-order valence-electron chi connectivity index (χ2n) is 7.02. The number of benzene rings is 2. The van der Waals surface area contributed by atoms with Crippen LogP contribution in [0.3, 0.4) is 0 Å². The van der Waals surface area contributed by atoms with Gasteiger partial charge >= 0.3 is 0 Å². The fraction of sp³-hybridized carbons (Fsp3) is 0.364. The number of nitrogens with one attached hydrogen (secondary N) is 1. The molecule has 2 heterocycles. The van der Waals surface area contributed by atoms with E-state index in [1.165, 1.54) is 60.8 Å². The molecular weight excluding hydrogens is 292 g/mol. The number of rotatable bonds is 5. The minimum absolute atomic E-state index is 0.891. The quantitative estimate of drug-likeness (QED) is 0.726. The first-order valence-corrected chi connectivity index (χ1v) is 9.21. The molecule has 0 aliphatic carbocycles. The van der Waals surface area contributed by atoms with Crippen molar-refractivity contribution in [1.82, 2.24) is 9.88 Å². The molecule has 0 atom stereocenters. The van der Waals surface area contributed by atoms with Crippen LogP contribution in [0.2, 0.25) is 0 Å². The third-order valence-corrected chi connectivity index (χ3v) is 5.35. The molecule has 0 amide bonds. The Morgan fingerprint density at radius 1 is 0.917 bits per heavy atom. The van der Waals surface area contributed by atoms with Gasteiger partial charge in [-0.2, -0.15) is 0 Å². The van der Waals surface area contributed by atoms with Crippen LogP contribution in [0.1, 0.15) is 30.4 Å². The molecule has 1 saturated heterocycles. The van der Waals surface area contributed by atoms with Gasteiger partial charge in [-0.05, 0) is 61.9 Å². The zero-order valence-electron chi connectivity index (χ0n) is 14.2. The second kappa shape index (κ2) is 7.23. The number of aryl methyl sites for hydroxylation is 1. The van der Waals surface area contributed by atoms with Crippen LogP contribution in [0, 0.1) is 5.92 Å². The Balaban J connectivity index is 1.56. The standard InChI is InChI=1S/C22H26N2/c1-2-6-19(7-3-1)16-24-17-20(21-8-4-5-9-22(21)24)11-10-18-12-14-23-15-13-18/h1-9,17-18,23H,10-16H2. The summed E-state index contributed by atoms with van der Waals surface area (Å²) in [6.45, 7) is 3.34. The summed E-state index contributed by atoms with van der Waals surface area (Å²) in [7, 11) is 0. The number of hydrogen-bond acceptors (Lipinski definition) is 1. The average molecular weight is 318 g/mol. The lowest BCUT2D eigenvalue weighted by Crippen LogP contribution is -2.27. The van der Waals surface area contributed by atoms with Crippen LogP contribution >= 0.6 is 0 Å². The fourth-order valence-corrected chi connectivity index (χ4v) is 3.96. The molecule has 1 aliphatic heterocycles. The van der Waals surface area contributed by atoms with Gasteiger partial charge in [-0.3, -0.25) is 0 Å². The van der Waals surface area contributed by atoms with Gasteiger partial charge in [0.05, 0.1) is 0 Å². The molecule has 0 radical (unpaired) electrons. The van der Waals surface area contributed by atoms with Crippen molar-refractivity contribution in [1.29, 1.82) is 0 Å². The first-order valence-electron chi connectivity index (χ1n) is 9.21. The van der Waals surface area contributed by atoms with Crippen molar-refractivity contribution in [2.75, 3.05) is 13.1 Å². The molecule has 3 aromatic rings. The van der Waals surface area contributed by atoms with Crippen LogP contribution < -0.4 is 5.32 Å². The van der Waals surface area contributed by atoms with Crippen molar-refractivity contribution in [2.45, 2.75) is 32.2 Å². The fourth-order valence-electron chi connectivity index (χ4n) is 3.96. The van der Waals surface area contributed by atoms with Crippen LogP contribution in [0.15, 0.2) is 60.8 Å². The predicted octanol–water partition coefficient (Wildman–Crippen LogP) is 4.62. The summed E-state index contributed by atoms with van der Waals surface area (Å²) in [6, 6.07) is 19.6. The number of fused-ring (bicyclic) bond motifs is 1. The molecule has 4 rings (SSSR count). The summed E-state index contributed by atoms with van der Waals surface area (Å²) >= 11 is 0. The molecule has 24 heavy (non-hydrogen) atoms. The Bertz CT molecular complexity index is 782. The maximum atomic E-state index is 3.47. The number of piperidine rings is 1. The number of aromatic nitrogens is 1. The SMILES string of the molecule is c1ccc(Cn2cc(CCC3CCNCC3)c3ccccc32)cc1. The Morgan fingerprint density at radius 3 is 2.50 bits per heavy atom. The van der Waals surface area contributed by atoms with E-state index in [0.29, 0.717) is 0 Å². The van der Waals surface area contributed by atoms with Crippen molar-refractivity contribution in [3.8, 4) is 0 Å². The molecule has 124 valence electrons. The van der Waals surface area contributed by atoms with Crippen molar-refractivity contribution in [3.05, 3.63) is 71.9 Å². The van der Waals surface area contributed by atoms with Gasteiger partial charge in [0.15, 0.2) is 0 Å². The van der Waals surface area contributed by atoms with E-state index in [0.717, 1.165) is 12.5 Å². The molecule has 2 heteroatoms. The van der Waals surface area contributed by atoms with Crippen LogP contribution in [0.4, 0.5) is 0 Å². The highest BCUT2D eigenvalue weighted by Crippen LogP contribution is 2.26. The Hall–Kier alpha value is -2.06. The van der Waals surface area contributed by atoms with Crippen LogP contribution in [-0.2, 0) is 13.0 Å². The minimum Gasteiger partial charge on any atom is -0.343 e. The summed E-state index contributed by atoms with van der Waals surface area (Å²) in [5.41, 5.74) is 4.24. The highest BCUT2D eigenvalue weighted by molar-refractivity contribution is 5.84. The first-order chi connectivity index (χ1) is 11.9. The van der Waals surface area contributed by atoms with Crippen molar-refractivity contribution in [2.24, 2.45) is 5.92 Å². The van der Waals surface area contributed by atoms with E-state index >= 15 is 0 Å². The summed E-state index contributed by atoms with van der Waals surface area (Å²) in [6.07, 6.45) is 7.58. The lowest BCUT2D eigenvalue weighted by atomic mass is 9.91. The monoisotopic (exact) mass is 318 g/mol. The third-order valence-electron chi connectivity index (χ3n) is 5.35. The van der Waals surface area contributed by atoms with Crippen LogP contribution in [0.5, 0.6) is 0 Å². The van der Waals surface area contributed by atoms with Gasteiger partial charge in [0.25, 0.3) is 0 Å². The topological polar surface area (TPSA) is 17.0 Å². The van der Waals surface area contributed by atoms with Gasteiger partial charge in [0.2, 0.25) is 0 Å². The normalized spacial score (nSPS) is 15.8. The van der Waals surface area contributed by atoms with E-state index in [1.54, 1.807) is 0 Å². The van der Waals surface area contributed by atoms with Gasteiger partial charge in [-0.15, -0.1) is 0 Å². The van der Waals surface area contributed by atoms with Crippen molar-refractivity contribution >= 4 is 10.9 Å². The van der Waals surface area contributed by atoms with Crippen molar-refractivity contribution in [3.63, 3.8) is 0 Å². The minimum atomic E-state index is 0.891. The Morgan fingerprint density at radius 2 is 1.67 bits per heavy atom. The highest BCUT2D eigenvalue weighted by Gasteiger charge is 2.15. The molecule has 1 aliphatic rings. The van der Waals surface area contributed by atoms with Gasteiger partial charge in [0.1, 0.15) is 0 Å². The maximum absolute atomic E-state index is 3.47.